The van der Waals surface area contributed by atoms with Crippen LogP contribution in [0.3, 0.4) is 0 Å². The van der Waals surface area contributed by atoms with Crippen LogP contribution in [0.5, 0.6) is 0 Å². The van der Waals surface area contributed by atoms with Crippen molar-refractivity contribution in [2.45, 2.75) is 0 Å². The van der Waals surface area contributed by atoms with Gasteiger partial charge in [0.2, 0.25) is 5.65 Å². The second kappa shape index (κ2) is 5.91. The second-order valence-corrected chi connectivity index (χ2v) is 8.00. The SMILES string of the molecule is Nc1ncnc2c1ncn2OP(=O)(O)OP(=O)(O)OP(=O)(O)O. The fourth-order valence-corrected chi connectivity index (χ4v) is 4.27. The number of phosphoric acid groups is 3. The largest absolute Gasteiger partial charge is 0.555 e. The molecule has 0 aliphatic carbocycles. The molecule has 0 aromatic carbocycles. The lowest BCUT2D eigenvalue weighted by molar-refractivity contribution is 0.163. The van der Waals surface area contributed by atoms with Gasteiger partial charge in [-0.15, -0.1) is 4.73 Å². The average molecular weight is 391 g/mol. The van der Waals surface area contributed by atoms with Gasteiger partial charge in [-0.1, -0.05) is 0 Å². The Morgan fingerprint density at radius 1 is 1.00 bits per heavy atom. The van der Waals surface area contributed by atoms with Crippen LogP contribution in [0, 0.1) is 0 Å². The van der Waals surface area contributed by atoms with Gasteiger partial charge in [0.05, 0.1) is 0 Å². The molecule has 2 aromatic rings. The van der Waals surface area contributed by atoms with Crippen molar-refractivity contribution < 1.29 is 46.5 Å². The number of imidazole rings is 1. The van der Waals surface area contributed by atoms with E-state index in [1.54, 1.807) is 0 Å². The second-order valence-electron chi connectivity index (χ2n) is 3.67. The molecule has 0 radical (unpaired) electrons. The number of nitrogens with two attached hydrogens (primary N) is 1. The first-order valence-corrected chi connectivity index (χ1v) is 9.68. The third kappa shape index (κ3) is 4.78. The molecule has 0 bridgehead atoms. The minimum Gasteiger partial charge on any atom is -0.382 e. The van der Waals surface area contributed by atoms with Gasteiger partial charge in [-0.25, -0.2) is 28.6 Å². The Kier molecular flexibility index (Phi) is 4.61. The lowest BCUT2D eigenvalue weighted by Crippen LogP contribution is -2.10. The van der Waals surface area contributed by atoms with Crippen molar-refractivity contribution in [3.05, 3.63) is 12.7 Å². The summed E-state index contributed by atoms with van der Waals surface area (Å²) in [6.07, 6.45) is 1.81. The van der Waals surface area contributed by atoms with Crippen LogP contribution in [0.4, 0.5) is 5.82 Å². The predicted octanol–water partition coefficient (Wildman–Crippen LogP) is -0.836. The van der Waals surface area contributed by atoms with Crippen LogP contribution in [0.2, 0.25) is 0 Å². The molecule has 2 atom stereocenters. The topological polar surface area (TPSA) is 229 Å². The number of hydrogen-bond acceptors (Lipinski definition) is 10. The van der Waals surface area contributed by atoms with Crippen LogP contribution < -0.4 is 10.4 Å². The number of aromatic nitrogens is 4. The Hall–Kier alpha value is -1.40. The molecule has 2 heterocycles. The van der Waals surface area contributed by atoms with Gasteiger partial charge in [0, 0.05) is 0 Å². The molecule has 2 unspecified atom stereocenters. The summed E-state index contributed by atoms with van der Waals surface area (Å²) in [5.74, 6) is -0.0799. The summed E-state index contributed by atoms with van der Waals surface area (Å²) in [6.45, 7) is 0. The molecular weight excluding hydrogens is 383 g/mol. The molecule has 2 rings (SSSR count). The maximum absolute atomic E-state index is 11.6. The quantitative estimate of drug-likeness (QED) is 0.378. The molecule has 0 fully saturated rings. The molecule has 18 heteroatoms. The third-order valence-electron chi connectivity index (χ3n) is 1.94. The fourth-order valence-electron chi connectivity index (χ4n) is 1.30. The van der Waals surface area contributed by atoms with E-state index in [0.717, 1.165) is 12.7 Å². The van der Waals surface area contributed by atoms with E-state index in [9.17, 15) is 18.6 Å². The molecular formula is C5H8N5O10P3. The van der Waals surface area contributed by atoms with E-state index in [1.165, 1.54) is 0 Å². The Morgan fingerprint density at radius 3 is 2.26 bits per heavy atom. The molecule has 2 aromatic heterocycles. The highest BCUT2D eigenvalue weighted by molar-refractivity contribution is 7.66. The van der Waals surface area contributed by atoms with Crippen LogP contribution in [-0.2, 0) is 22.3 Å². The zero-order chi connectivity index (χ0) is 17.5. The molecule has 128 valence electrons. The molecule has 0 spiro atoms. The molecule has 0 aliphatic rings. The number of fused-ring (bicyclic) bond motifs is 1. The molecule has 0 aliphatic heterocycles. The molecule has 15 nitrogen and oxygen atoms in total. The van der Waals surface area contributed by atoms with E-state index in [2.05, 4.69) is 28.2 Å². The van der Waals surface area contributed by atoms with E-state index in [-0.39, 0.29) is 17.0 Å². The molecule has 0 saturated carbocycles. The van der Waals surface area contributed by atoms with Crippen LogP contribution in [0.15, 0.2) is 12.7 Å². The standard InChI is InChI=1S/C5H8N5O10P3/c6-4-3-5(8-1-7-4)10(2-9-3)18-22(14,15)20-23(16,17)19-21(11,12)13/h1-2H,(H,14,15)(H,16,17)(H2,6,7,8)(H2,11,12,13). The van der Waals surface area contributed by atoms with Gasteiger partial charge in [-0.2, -0.15) is 8.62 Å². The number of rotatable bonds is 6. The van der Waals surface area contributed by atoms with Crippen molar-refractivity contribution in [1.82, 2.24) is 19.7 Å². The Bertz CT molecular complexity index is 875. The minimum atomic E-state index is -5.62. The molecule has 6 N–H and O–H groups in total. The first-order chi connectivity index (χ1) is 10.4. The van der Waals surface area contributed by atoms with Crippen LogP contribution in [-0.4, -0.2) is 39.3 Å². The molecule has 0 amide bonds. The van der Waals surface area contributed by atoms with Crippen LogP contribution in [0.1, 0.15) is 0 Å². The summed E-state index contributed by atoms with van der Waals surface area (Å²) < 4.78 is 45.3. The Balaban J connectivity index is 2.24. The highest BCUT2D eigenvalue weighted by Gasteiger charge is 2.42. The number of nitrogens with zero attached hydrogens (tertiary/aromatic N) is 4. The van der Waals surface area contributed by atoms with Crippen molar-refractivity contribution in [1.29, 1.82) is 0 Å². The van der Waals surface area contributed by atoms with E-state index >= 15 is 0 Å². The van der Waals surface area contributed by atoms with Gasteiger partial charge in [0.15, 0.2) is 11.3 Å². The van der Waals surface area contributed by atoms with Gasteiger partial charge in [0.25, 0.3) is 0 Å². The van der Waals surface area contributed by atoms with E-state index in [4.69, 9.17) is 20.4 Å². The van der Waals surface area contributed by atoms with E-state index in [0.29, 0.717) is 4.73 Å². The van der Waals surface area contributed by atoms with Crippen LogP contribution >= 0.6 is 23.5 Å². The minimum absolute atomic E-state index is 0.00820. The van der Waals surface area contributed by atoms with Crippen molar-refractivity contribution in [3.8, 4) is 0 Å². The number of anilines is 1. The van der Waals surface area contributed by atoms with Crippen molar-refractivity contribution >= 4 is 40.4 Å². The highest BCUT2D eigenvalue weighted by atomic mass is 31.3. The Labute approximate surface area is 126 Å². The van der Waals surface area contributed by atoms with E-state index in [1.807, 2.05) is 0 Å². The number of nitrogen functional groups attached to an aromatic ring is 1. The zero-order valence-electron chi connectivity index (χ0n) is 10.6. The summed E-state index contributed by atoms with van der Waals surface area (Å²) in [7, 11) is -16.5. The van der Waals surface area contributed by atoms with Gasteiger partial charge in [0.1, 0.15) is 12.7 Å². The van der Waals surface area contributed by atoms with E-state index < -0.39 is 23.5 Å². The maximum atomic E-state index is 11.6. The first kappa shape index (κ1) is 17.9. The van der Waals surface area contributed by atoms with Crippen molar-refractivity contribution in [2.75, 3.05) is 5.73 Å². The summed E-state index contributed by atoms with van der Waals surface area (Å²) in [5.41, 5.74) is 5.28. The summed E-state index contributed by atoms with van der Waals surface area (Å²) in [6, 6.07) is 0. The van der Waals surface area contributed by atoms with Gasteiger partial charge < -0.3 is 25.0 Å². The molecule has 0 saturated heterocycles. The normalized spacial score (nSPS) is 17.6. The van der Waals surface area contributed by atoms with Crippen molar-refractivity contribution in [3.63, 3.8) is 0 Å². The smallest absolute Gasteiger partial charge is 0.382 e. The number of hydrogen-bond donors (Lipinski definition) is 5. The first-order valence-electron chi connectivity index (χ1n) is 5.16. The third-order valence-corrected chi connectivity index (χ3v) is 5.65. The maximum Gasteiger partial charge on any atom is 0.555 e. The Morgan fingerprint density at radius 2 is 1.65 bits per heavy atom. The highest BCUT2D eigenvalue weighted by Crippen LogP contribution is 2.65. The lowest BCUT2D eigenvalue weighted by Gasteiger charge is -2.16. The van der Waals surface area contributed by atoms with Gasteiger partial charge in [-0.05, 0) is 0 Å². The fraction of sp³-hybridized carbons (Fsp3) is 0. The monoisotopic (exact) mass is 391 g/mol. The van der Waals surface area contributed by atoms with Gasteiger partial charge >= 0.3 is 23.5 Å². The summed E-state index contributed by atoms with van der Waals surface area (Å²) >= 11 is 0. The van der Waals surface area contributed by atoms with Crippen molar-refractivity contribution in [2.24, 2.45) is 0 Å². The molecule has 23 heavy (non-hydrogen) atoms. The summed E-state index contributed by atoms with van der Waals surface area (Å²) in [5, 5.41) is 0. The predicted molar refractivity (Wildman–Crippen MR) is 70.2 cm³/mol. The van der Waals surface area contributed by atoms with Crippen LogP contribution in [0.25, 0.3) is 11.2 Å². The van der Waals surface area contributed by atoms with Gasteiger partial charge in [-0.3, -0.25) is 4.89 Å². The average Bonchev–Trinajstić information content (AvgIpc) is 2.68. The summed E-state index contributed by atoms with van der Waals surface area (Å²) in [4.78, 5) is 46.1. The lowest BCUT2D eigenvalue weighted by atomic mass is 10.5. The zero-order valence-corrected chi connectivity index (χ0v) is 13.3.